The number of hydrogen-bond donors (Lipinski definition) is 3. The molecule has 1 heterocycles. The number of amides is 2. The fourth-order valence-corrected chi connectivity index (χ4v) is 3.68. The number of nitrogens with zero attached hydrogens (tertiary/aromatic N) is 2. The van der Waals surface area contributed by atoms with Crippen molar-refractivity contribution in [2.75, 3.05) is 23.0 Å². The van der Waals surface area contributed by atoms with E-state index >= 15 is 0 Å². The van der Waals surface area contributed by atoms with Crippen LogP contribution in [-0.4, -0.2) is 37.2 Å². The van der Waals surface area contributed by atoms with E-state index < -0.39 is 23.8 Å². The van der Waals surface area contributed by atoms with E-state index in [0.29, 0.717) is 29.9 Å². The molecule has 6 nitrogen and oxygen atoms in total. The monoisotopic (exact) mass is 599 g/mol. The number of benzene rings is 1. The number of alkyl halides is 3. The Morgan fingerprint density at radius 1 is 0.952 bits per heavy atom. The van der Waals surface area contributed by atoms with Crippen molar-refractivity contribution in [3.8, 4) is 0 Å². The summed E-state index contributed by atoms with van der Waals surface area (Å²) in [7, 11) is 1.68. The van der Waals surface area contributed by atoms with Gasteiger partial charge in [0.15, 0.2) is 0 Å². The average Bonchev–Trinajstić information content (AvgIpc) is 3.32. The van der Waals surface area contributed by atoms with Gasteiger partial charge in [-0.2, -0.15) is 13.2 Å². The van der Waals surface area contributed by atoms with Crippen LogP contribution in [0.2, 0.25) is 0 Å². The maximum absolute atomic E-state index is 13.9. The highest BCUT2D eigenvalue weighted by atomic mass is 19.4. The molecule has 3 rings (SSSR count). The van der Waals surface area contributed by atoms with Crippen LogP contribution in [0.25, 0.3) is 0 Å². The third-order valence-electron chi connectivity index (χ3n) is 5.93. The lowest BCUT2D eigenvalue weighted by atomic mass is 9.87. The average molecular weight is 600 g/mol. The summed E-state index contributed by atoms with van der Waals surface area (Å²) in [5, 5.41) is 5.67. The van der Waals surface area contributed by atoms with E-state index in [-0.39, 0.29) is 22.9 Å². The third kappa shape index (κ3) is 12.1. The Morgan fingerprint density at radius 2 is 1.45 bits per heavy atom. The maximum atomic E-state index is 13.9. The molecule has 1 aliphatic heterocycles. The number of rotatable bonds is 4. The summed E-state index contributed by atoms with van der Waals surface area (Å²) < 4.78 is 41.8. The van der Waals surface area contributed by atoms with Crippen LogP contribution >= 0.6 is 0 Å². The van der Waals surface area contributed by atoms with E-state index in [1.165, 1.54) is 11.0 Å². The molecule has 1 aromatic rings. The molecule has 0 spiro atoms. The summed E-state index contributed by atoms with van der Waals surface area (Å²) >= 11 is 0. The van der Waals surface area contributed by atoms with Gasteiger partial charge in [0, 0.05) is 12.7 Å². The van der Waals surface area contributed by atoms with Gasteiger partial charge in [-0.05, 0) is 49.0 Å². The van der Waals surface area contributed by atoms with E-state index in [4.69, 9.17) is 5.73 Å². The topological polar surface area (TPSA) is 82.8 Å². The van der Waals surface area contributed by atoms with Gasteiger partial charge in [-0.1, -0.05) is 102 Å². The zero-order valence-corrected chi connectivity index (χ0v) is 29.0. The van der Waals surface area contributed by atoms with E-state index in [2.05, 4.69) is 15.6 Å². The number of allylic oxidation sites excluding steroid dienone is 2. The number of anilines is 3. The summed E-state index contributed by atoms with van der Waals surface area (Å²) in [6, 6.07) is 3.11. The number of carbonyl (C=O) groups excluding carboxylic acids is 1. The van der Waals surface area contributed by atoms with Crippen molar-refractivity contribution in [1.29, 1.82) is 0 Å². The number of carbonyl (C=O) groups is 1. The van der Waals surface area contributed by atoms with Crippen molar-refractivity contribution in [2.45, 2.75) is 128 Å². The second kappa shape index (κ2) is 21.7. The van der Waals surface area contributed by atoms with Crippen LogP contribution in [-0.2, 0) is 0 Å². The number of amidine groups is 1. The van der Waals surface area contributed by atoms with Crippen LogP contribution in [0.1, 0.15) is 110 Å². The van der Waals surface area contributed by atoms with E-state index in [0.717, 1.165) is 0 Å². The number of aliphatic imine (C=N–C) groups is 1. The molecule has 2 atom stereocenters. The molecule has 1 aliphatic carbocycles. The molecular weight excluding hydrogens is 539 g/mol. The molecule has 0 bridgehead atoms. The highest BCUT2D eigenvalue weighted by Gasteiger charge is 2.47. The Kier molecular flexibility index (Phi) is 22.5. The number of nitrogens with two attached hydrogens (primary N) is 1. The summed E-state index contributed by atoms with van der Waals surface area (Å²) in [5.41, 5.74) is 6.49. The fraction of sp³-hybridized carbons (Fsp3) is 0.636. The largest absolute Gasteiger partial charge is 0.416 e. The predicted molar refractivity (Wildman–Crippen MR) is 180 cm³/mol. The molecule has 244 valence electrons. The molecule has 0 aromatic heterocycles. The molecule has 42 heavy (non-hydrogen) atoms. The molecule has 1 saturated heterocycles. The van der Waals surface area contributed by atoms with E-state index in [9.17, 15) is 18.0 Å². The number of hydrogen-bond acceptors (Lipinski definition) is 4. The quantitative estimate of drug-likeness (QED) is 0.301. The SMILES string of the molecule is CC.CC.CC.CC.CC.CNc1cc(N2C(=O)NC(=NC(C)C(C)(C)C)C2C2=CCCC=C2C(F)(F)F)ccc1N. The summed E-state index contributed by atoms with van der Waals surface area (Å²) in [6.07, 6.45) is -1.03. The van der Waals surface area contributed by atoms with Gasteiger partial charge < -0.3 is 11.1 Å². The highest BCUT2D eigenvalue weighted by molar-refractivity contribution is 6.18. The van der Waals surface area contributed by atoms with Gasteiger partial charge in [-0.3, -0.25) is 15.2 Å². The lowest BCUT2D eigenvalue weighted by Crippen LogP contribution is -2.40. The third-order valence-corrected chi connectivity index (χ3v) is 5.93. The lowest BCUT2D eigenvalue weighted by Gasteiger charge is -2.31. The Labute approximate surface area is 255 Å². The van der Waals surface area contributed by atoms with Crippen LogP contribution in [0.15, 0.2) is 46.5 Å². The van der Waals surface area contributed by atoms with Crippen LogP contribution in [0.5, 0.6) is 0 Å². The fourth-order valence-electron chi connectivity index (χ4n) is 3.68. The molecule has 2 unspecified atom stereocenters. The first-order chi connectivity index (χ1) is 19.8. The first-order valence-electron chi connectivity index (χ1n) is 15.6. The van der Waals surface area contributed by atoms with Gasteiger partial charge in [-0.15, -0.1) is 0 Å². The molecule has 0 radical (unpaired) electrons. The zero-order valence-electron chi connectivity index (χ0n) is 29.0. The van der Waals surface area contributed by atoms with E-state index in [1.807, 2.05) is 96.9 Å². The number of nitrogens with one attached hydrogen (secondary N) is 2. The maximum Gasteiger partial charge on any atom is 0.416 e. The Bertz CT molecular complexity index is 992. The number of urea groups is 1. The van der Waals surface area contributed by atoms with Crippen molar-refractivity contribution in [3.63, 3.8) is 0 Å². The Hall–Kier alpha value is -2.97. The lowest BCUT2D eigenvalue weighted by molar-refractivity contribution is -0.0900. The summed E-state index contributed by atoms with van der Waals surface area (Å²) in [4.78, 5) is 19.1. The van der Waals surface area contributed by atoms with Crippen molar-refractivity contribution < 1.29 is 18.0 Å². The van der Waals surface area contributed by atoms with Gasteiger partial charge in [-0.25, -0.2) is 4.79 Å². The number of nitrogen functional groups attached to an aromatic ring is 1. The van der Waals surface area contributed by atoms with Crippen LogP contribution in [0.4, 0.5) is 35.0 Å². The Balaban J connectivity index is -0.00000137. The molecule has 1 aromatic carbocycles. The zero-order chi connectivity index (χ0) is 33.8. The van der Waals surface area contributed by atoms with E-state index in [1.54, 1.807) is 31.3 Å². The molecular formula is C33H60F3N5O. The molecule has 1 fully saturated rings. The summed E-state index contributed by atoms with van der Waals surface area (Å²) in [6.45, 7) is 27.9. The molecule has 2 amide bonds. The van der Waals surface area contributed by atoms with Crippen molar-refractivity contribution in [2.24, 2.45) is 10.4 Å². The molecule has 2 aliphatic rings. The second-order valence-electron chi connectivity index (χ2n) is 9.13. The minimum absolute atomic E-state index is 0.0322. The van der Waals surface area contributed by atoms with Crippen LogP contribution in [0.3, 0.4) is 0 Å². The van der Waals surface area contributed by atoms with Gasteiger partial charge in [0.1, 0.15) is 11.9 Å². The molecule has 0 saturated carbocycles. The molecule has 9 heteroatoms. The first-order valence-corrected chi connectivity index (χ1v) is 15.6. The minimum Gasteiger partial charge on any atom is -0.397 e. The standard InChI is InChI=1S/C23H30F3N5O.5C2H6/c1-13(22(2,3)4)29-20-19(15-8-6-7-9-16(15)23(24,25)26)31(21(32)30-20)14-10-11-17(27)18(12-14)28-5;5*1-2/h8-13,19,28H,6-7,27H2,1-5H3,(H,29,30,32);5*1-2H3. The predicted octanol–water partition coefficient (Wildman–Crippen LogP) is 10.4. The van der Waals surface area contributed by atoms with Crippen molar-refractivity contribution in [3.05, 3.63) is 41.5 Å². The normalized spacial score (nSPS) is 17.4. The van der Waals surface area contributed by atoms with Gasteiger partial charge in [0.05, 0.1) is 23.0 Å². The Morgan fingerprint density at radius 3 is 1.90 bits per heavy atom. The summed E-state index contributed by atoms with van der Waals surface area (Å²) in [5.74, 6) is 0.212. The number of halogens is 3. The van der Waals surface area contributed by atoms with Gasteiger partial charge in [0.25, 0.3) is 0 Å². The molecule has 4 N–H and O–H groups in total. The smallest absolute Gasteiger partial charge is 0.397 e. The minimum atomic E-state index is -4.54. The highest BCUT2D eigenvalue weighted by Crippen LogP contribution is 2.40. The van der Waals surface area contributed by atoms with Gasteiger partial charge >= 0.3 is 12.2 Å². The van der Waals surface area contributed by atoms with Crippen molar-refractivity contribution >= 4 is 28.9 Å². The van der Waals surface area contributed by atoms with Crippen molar-refractivity contribution in [1.82, 2.24) is 5.32 Å². The van der Waals surface area contributed by atoms with Crippen LogP contribution < -0.4 is 21.3 Å². The second-order valence-corrected chi connectivity index (χ2v) is 9.13. The van der Waals surface area contributed by atoms with Gasteiger partial charge in [0.2, 0.25) is 0 Å². The van der Waals surface area contributed by atoms with Crippen LogP contribution in [0, 0.1) is 5.41 Å². The first kappa shape index (κ1) is 43.5.